The number of allylic oxidation sites excluding steroid dienone is 5. The molecule has 0 fully saturated rings. The Kier molecular flexibility index (Phi) is 5.54. The van der Waals surface area contributed by atoms with E-state index in [9.17, 15) is 0 Å². The molecule has 0 N–H and O–H groups in total. The summed E-state index contributed by atoms with van der Waals surface area (Å²) in [5, 5.41) is 0. The van der Waals surface area contributed by atoms with Gasteiger partial charge in [0, 0.05) is 0 Å². The Morgan fingerprint density at radius 2 is 2.09 bits per heavy atom. The number of hydrogen-bond donors (Lipinski definition) is 0. The molecule has 0 nitrogen and oxygen atoms in total. The lowest BCUT2D eigenvalue weighted by atomic mass is 10.0. The molecule has 0 aromatic rings. The average molecular weight is 150 g/mol. The van der Waals surface area contributed by atoms with E-state index >= 15 is 0 Å². The van der Waals surface area contributed by atoms with Gasteiger partial charge < -0.3 is 0 Å². The van der Waals surface area contributed by atoms with Crippen molar-refractivity contribution in [1.82, 2.24) is 0 Å². The highest BCUT2D eigenvalue weighted by Gasteiger charge is 1.94. The third-order valence-electron chi connectivity index (χ3n) is 1.41. The van der Waals surface area contributed by atoms with E-state index < -0.39 is 0 Å². The van der Waals surface area contributed by atoms with Crippen LogP contribution in [0.3, 0.4) is 0 Å². The van der Waals surface area contributed by atoms with Crippen LogP contribution in [0.15, 0.2) is 36.5 Å². The quantitative estimate of drug-likeness (QED) is 0.423. The Morgan fingerprint density at radius 3 is 2.55 bits per heavy atom. The van der Waals surface area contributed by atoms with Crippen molar-refractivity contribution in [2.24, 2.45) is 5.92 Å². The van der Waals surface area contributed by atoms with Crippen molar-refractivity contribution in [1.29, 1.82) is 0 Å². The van der Waals surface area contributed by atoms with E-state index in [1.165, 1.54) is 5.57 Å². The normalized spacial score (nSPS) is 14.5. The van der Waals surface area contributed by atoms with Crippen molar-refractivity contribution in [2.45, 2.75) is 27.2 Å². The first-order chi connectivity index (χ1) is 5.16. The molecule has 0 aliphatic carbocycles. The largest absolute Gasteiger partial charge is 0.100 e. The van der Waals surface area contributed by atoms with Crippen LogP contribution in [0.5, 0.6) is 0 Å². The SMILES string of the molecule is C=C(C)CC(C)C=CC=CC. The third kappa shape index (κ3) is 7.11. The minimum atomic E-state index is 0.615. The van der Waals surface area contributed by atoms with E-state index in [2.05, 4.69) is 38.7 Å². The minimum absolute atomic E-state index is 0.615. The van der Waals surface area contributed by atoms with Crippen LogP contribution in [0.4, 0.5) is 0 Å². The molecule has 0 aliphatic heterocycles. The van der Waals surface area contributed by atoms with Gasteiger partial charge in [0.2, 0.25) is 0 Å². The van der Waals surface area contributed by atoms with Crippen molar-refractivity contribution in [3.05, 3.63) is 36.5 Å². The summed E-state index contributed by atoms with van der Waals surface area (Å²) in [4.78, 5) is 0. The fourth-order valence-corrected chi connectivity index (χ4v) is 0.983. The van der Waals surface area contributed by atoms with Gasteiger partial charge in [0.25, 0.3) is 0 Å². The van der Waals surface area contributed by atoms with E-state index in [1.54, 1.807) is 0 Å². The molecular formula is C11H18. The molecule has 0 saturated carbocycles. The summed E-state index contributed by atoms with van der Waals surface area (Å²) in [5.74, 6) is 0.615. The van der Waals surface area contributed by atoms with Crippen molar-refractivity contribution >= 4 is 0 Å². The zero-order valence-corrected chi connectivity index (χ0v) is 7.80. The molecule has 0 aromatic heterocycles. The van der Waals surface area contributed by atoms with Gasteiger partial charge in [-0.05, 0) is 26.2 Å². The zero-order chi connectivity index (χ0) is 8.69. The summed E-state index contributed by atoms with van der Waals surface area (Å²) in [6, 6.07) is 0. The molecule has 0 aliphatic rings. The Bertz CT molecular complexity index is 161. The first kappa shape index (κ1) is 10.2. The fraction of sp³-hybridized carbons (Fsp3) is 0.455. The first-order valence-electron chi connectivity index (χ1n) is 4.10. The molecular weight excluding hydrogens is 132 g/mol. The summed E-state index contributed by atoms with van der Waals surface area (Å²) < 4.78 is 0. The predicted molar refractivity (Wildman–Crippen MR) is 52.5 cm³/mol. The molecule has 0 saturated heterocycles. The van der Waals surface area contributed by atoms with E-state index in [0.717, 1.165) is 6.42 Å². The number of hydrogen-bond acceptors (Lipinski definition) is 0. The van der Waals surface area contributed by atoms with Gasteiger partial charge in [0.1, 0.15) is 0 Å². The molecule has 11 heavy (non-hydrogen) atoms. The number of rotatable bonds is 4. The molecule has 0 radical (unpaired) electrons. The minimum Gasteiger partial charge on any atom is -0.100 e. The molecule has 0 heteroatoms. The summed E-state index contributed by atoms with van der Waals surface area (Å²) in [6.45, 7) is 10.2. The van der Waals surface area contributed by atoms with Crippen molar-refractivity contribution < 1.29 is 0 Å². The molecule has 0 bridgehead atoms. The molecule has 0 amide bonds. The Hall–Kier alpha value is -0.780. The van der Waals surface area contributed by atoms with Crippen molar-refractivity contribution in [3.8, 4) is 0 Å². The van der Waals surface area contributed by atoms with Gasteiger partial charge in [-0.1, -0.05) is 36.8 Å². The van der Waals surface area contributed by atoms with E-state index in [0.29, 0.717) is 5.92 Å². The summed E-state index contributed by atoms with van der Waals surface area (Å²) in [5.41, 5.74) is 1.25. The van der Waals surface area contributed by atoms with Crippen molar-refractivity contribution in [3.63, 3.8) is 0 Å². The van der Waals surface area contributed by atoms with Crippen LogP contribution in [0.25, 0.3) is 0 Å². The smallest absolute Gasteiger partial charge is 0.0222 e. The summed E-state index contributed by atoms with van der Waals surface area (Å²) in [7, 11) is 0. The lowest BCUT2D eigenvalue weighted by molar-refractivity contribution is 0.718. The molecule has 62 valence electrons. The first-order valence-corrected chi connectivity index (χ1v) is 4.10. The average Bonchev–Trinajstić information content (AvgIpc) is 1.86. The van der Waals surface area contributed by atoms with Gasteiger partial charge in [0.15, 0.2) is 0 Å². The van der Waals surface area contributed by atoms with Crippen LogP contribution in [0, 0.1) is 5.92 Å². The second kappa shape index (κ2) is 5.96. The van der Waals surface area contributed by atoms with Crippen molar-refractivity contribution in [2.75, 3.05) is 0 Å². The van der Waals surface area contributed by atoms with Crippen LogP contribution in [0.2, 0.25) is 0 Å². The van der Waals surface area contributed by atoms with E-state index in [1.807, 2.05) is 13.0 Å². The van der Waals surface area contributed by atoms with Gasteiger partial charge in [-0.3, -0.25) is 0 Å². The van der Waals surface area contributed by atoms with Gasteiger partial charge in [-0.15, -0.1) is 6.58 Å². The molecule has 0 heterocycles. The van der Waals surface area contributed by atoms with Crippen LogP contribution < -0.4 is 0 Å². The lowest BCUT2D eigenvalue weighted by Gasteiger charge is -2.03. The van der Waals surface area contributed by atoms with Gasteiger partial charge in [-0.2, -0.15) is 0 Å². The highest BCUT2D eigenvalue weighted by Crippen LogP contribution is 2.09. The standard InChI is InChI=1S/C11H18/c1-5-6-7-8-11(4)9-10(2)3/h5-8,11H,2,9H2,1,3-4H3. The lowest BCUT2D eigenvalue weighted by Crippen LogP contribution is -1.88. The molecule has 1 unspecified atom stereocenters. The maximum atomic E-state index is 3.87. The fourth-order valence-electron chi connectivity index (χ4n) is 0.983. The third-order valence-corrected chi connectivity index (χ3v) is 1.41. The van der Waals surface area contributed by atoms with E-state index in [-0.39, 0.29) is 0 Å². The summed E-state index contributed by atoms with van der Waals surface area (Å²) in [6.07, 6.45) is 9.47. The molecule has 0 aromatic carbocycles. The molecule has 1 atom stereocenters. The molecule has 0 spiro atoms. The van der Waals surface area contributed by atoms with Crippen LogP contribution in [-0.2, 0) is 0 Å². The van der Waals surface area contributed by atoms with Gasteiger partial charge in [0.05, 0.1) is 0 Å². The highest BCUT2D eigenvalue weighted by atomic mass is 14.0. The monoisotopic (exact) mass is 150 g/mol. The Balaban J connectivity index is 3.67. The van der Waals surface area contributed by atoms with Gasteiger partial charge in [-0.25, -0.2) is 0 Å². The predicted octanol–water partition coefficient (Wildman–Crippen LogP) is 3.72. The summed E-state index contributed by atoms with van der Waals surface area (Å²) >= 11 is 0. The second-order valence-corrected chi connectivity index (χ2v) is 3.05. The van der Waals surface area contributed by atoms with Gasteiger partial charge >= 0.3 is 0 Å². The Labute approximate surface area is 70.3 Å². The Morgan fingerprint density at radius 1 is 1.45 bits per heavy atom. The molecule has 0 rings (SSSR count). The zero-order valence-electron chi connectivity index (χ0n) is 7.80. The maximum Gasteiger partial charge on any atom is -0.0222 e. The highest BCUT2D eigenvalue weighted by molar-refractivity contribution is 5.04. The van der Waals surface area contributed by atoms with E-state index in [4.69, 9.17) is 0 Å². The maximum absolute atomic E-state index is 3.87. The van der Waals surface area contributed by atoms with Crippen LogP contribution >= 0.6 is 0 Å². The topological polar surface area (TPSA) is 0 Å². The second-order valence-electron chi connectivity index (χ2n) is 3.05. The van der Waals surface area contributed by atoms with Crippen LogP contribution in [-0.4, -0.2) is 0 Å². The van der Waals surface area contributed by atoms with Crippen LogP contribution in [0.1, 0.15) is 27.2 Å².